The maximum absolute atomic E-state index is 10.3. The van der Waals surface area contributed by atoms with Crippen molar-refractivity contribution >= 4 is 49.4 Å². The van der Waals surface area contributed by atoms with E-state index in [0.29, 0.717) is 19.7 Å². The van der Waals surface area contributed by atoms with Crippen molar-refractivity contribution in [1.29, 1.82) is 0 Å². The van der Waals surface area contributed by atoms with Gasteiger partial charge in [-0.05, 0) is 56.8 Å². The van der Waals surface area contributed by atoms with Crippen molar-refractivity contribution in [3.05, 3.63) is 25.1 Å². The van der Waals surface area contributed by atoms with Crippen LogP contribution in [0.4, 0.5) is 0 Å². The van der Waals surface area contributed by atoms with Gasteiger partial charge in [-0.2, -0.15) is 0 Å². The van der Waals surface area contributed by atoms with E-state index in [-0.39, 0.29) is 0 Å². The van der Waals surface area contributed by atoms with Crippen LogP contribution in [0.5, 0.6) is 5.75 Å². The van der Waals surface area contributed by atoms with E-state index in [4.69, 9.17) is 16.3 Å². The van der Waals surface area contributed by atoms with Crippen LogP contribution in [-0.2, 0) is 4.79 Å². The second kappa shape index (κ2) is 5.38. The molecule has 3 nitrogen and oxygen atoms in total. The van der Waals surface area contributed by atoms with Gasteiger partial charge in [0.05, 0.1) is 14.9 Å². The Bertz CT molecular complexity index is 417. The Kier molecular flexibility index (Phi) is 4.64. The van der Waals surface area contributed by atoms with E-state index >= 15 is 0 Å². The van der Waals surface area contributed by atoms with Crippen molar-refractivity contribution < 1.29 is 14.6 Å². The molecule has 0 N–H and O–H groups in total. The first-order valence-electron chi connectivity index (χ1n) is 4.32. The molecule has 0 aliphatic carbocycles. The Morgan fingerprint density at radius 1 is 1.31 bits per heavy atom. The van der Waals surface area contributed by atoms with Gasteiger partial charge in [-0.15, -0.1) is 0 Å². The van der Waals surface area contributed by atoms with Crippen LogP contribution in [0.25, 0.3) is 0 Å². The molecule has 0 aliphatic heterocycles. The summed E-state index contributed by atoms with van der Waals surface area (Å²) >= 11 is 12.7. The number of hydrogen-bond donors (Lipinski definition) is 0. The summed E-state index contributed by atoms with van der Waals surface area (Å²) in [7, 11) is 0. The monoisotopic (exact) mass is 369 g/mol. The predicted molar refractivity (Wildman–Crippen MR) is 66.8 cm³/mol. The summed E-state index contributed by atoms with van der Waals surface area (Å²) in [5.74, 6) is -0.854. The number of rotatable bonds is 3. The molecule has 1 rings (SSSR count). The minimum atomic E-state index is -1.27. The standard InChI is InChI=1S/C10H9Br2ClO3/c1-4-7(11)10(16-3-6(14)15)8(12)5(2)9(4)13/h3H2,1-2H3,(H,14,15)/p-1. The number of hydrogen-bond acceptors (Lipinski definition) is 3. The van der Waals surface area contributed by atoms with E-state index in [0.717, 1.165) is 11.1 Å². The van der Waals surface area contributed by atoms with Crippen LogP contribution < -0.4 is 9.84 Å². The maximum Gasteiger partial charge on any atom is 0.148 e. The minimum Gasteiger partial charge on any atom is -0.546 e. The highest BCUT2D eigenvalue weighted by Crippen LogP contribution is 2.42. The van der Waals surface area contributed by atoms with E-state index < -0.39 is 12.6 Å². The molecule has 6 heteroatoms. The van der Waals surface area contributed by atoms with Gasteiger partial charge in [-0.1, -0.05) is 11.6 Å². The van der Waals surface area contributed by atoms with E-state index in [1.54, 1.807) is 0 Å². The molecule has 0 aliphatic rings. The van der Waals surface area contributed by atoms with Crippen LogP contribution >= 0.6 is 43.5 Å². The Morgan fingerprint density at radius 3 is 2.12 bits per heavy atom. The van der Waals surface area contributed by atoms with Crippen molar-refractivity contribution in [3.63, 3.8) is 0 Å². The van der Waals surface area contributed by atoms with Crippen LogP contribution in [0.1, 0.15) is 11.1 Å². The second-order valence-corrected chi connectivity index (χ2v) is 5.15. The summed E-state index contributed by atoms with van der Waals surface area (Å²) in [5, 5.41) is 10.9. The van der Waals surface area contributed by atoms with Crippen LogP contribution in [0, 0.1) is 13.8 Å². The predicted octanol–water partition coefficient (Wildman–Crippen LogP) is 2.61. The number of carbonyl (C=O) groups excluding carboxylic acids is 1. The topological polar surface area (TPSA) is 49.4 Å². The summed E-state index contributed by atoms with van der Waals surface area (Å²) in [6.07, 6.45) is 0. The molecule has 1 aromatic carbocycles. The molecule has 0 fully saturated rings. The molecule has 0 saturated heterocycles. The summed E-state index contributed by atoms with van der Waals surface area (Å²) in [6.45, 7) is 3.13. The third-order valence-electron chi connectivity index (χ3n) is 2.05. The molecule has 0 unspecified atom stereocenters. The third-order valence-corrected chi connectivity index (χ3v) is 4.53. The molecule has 0 heterocycles. The smallest absolute Gasteiger partial charge is 0.148 e. The number of benzene rings is 1. The van der Waals surface area contributed by atoms with Gasteiger partial charge in [0.15, 0.2) is 0 Å². The number of halogens is 3. The molecule has 16 heavy (non-hydrogen) atoms. The van der Waals surface area contributed by atoms with Gasteiger partial charge >= 0.3 is 0 Å². The lowest BCUT2D eigenvalue weighted by molar-refractivity contribution is -0.307. The maximum atomic E-state index is 10.3. The van der Waals surface area contributed by atoms with Gasteiger partial charge in [-0.25, -0.2) is 0 Å². The first kappa shape index (κ1) is 13.8. The number of aliphatic carboxylic acids is 1. The summed E-state index contributed by atoms with van der Waals surface area (Å²) in [4.78, 5) is 10.3. The fraction of sp³-hybridized carbons (Fsp3) is 0.300. The van der Waals surface area contributed by atoms with Gasteiger partial charge < -0.3 is 14.6 Å². The molecule has 0 aromatic heterocycles. The average molecular weight is 371 g/mol. The van der Waals surface area contributed by atoms with Crippen molar-refractivity contribution in [1.82, 2.24) is 0 Å². The van der Waals surface area contributed by atoms with Gasteiger partial charge in [0.25, 0.3) is 0 Å². The van der Waals surface area contributed by atoms with Gasteiger partial charge in [-0.3, -0.25) is 0 Å². The van der Waals surface area contributed by atoms with Crippen molar-refractivity contribution in [3.8, 4) is 5.75 Å². The van der Waals surface area contributed by atoms with E-state index in [1.165, 1.54) is 0 Å². The van der Waals surface area contributed by atoms with Crippen molar-refractivity contribution in [2.75, 3.05) is 6.61 Å². The van der Waals surface area contributed by atoms with Gasteiger partial charge in [0.1, 0.15) is 12.4 Å². The van der Waals surface area contributed by atoms with Gasteiger partial charge in [0, 0.05) is 5.02 Å². The van der Waals surface area contributed by atoms with Crippen molar-refractivity contribution in [2.45, 2.75) is 13.8 Å². The van der Waals surface area contributed by atoms with E-state index in [1.807, 2.05) is 13.8 Å². The number of carbonyl (C=O) groups is 1. The molecule has 0 radical (unpaired) electrons. The van der Waals surface area contributed by atoms with Gasteiger partial charge in [0.2, 0.25) is 0 Å². The Morgan fingerprint density at radius 2 is 1.75 bits per heavy atom. The highest BCUT2D eigenvalue weighted by molar-refractivity contribution is 9.11. The highest BCUT2D eigenvalue weighted by atomic mass is 79.9. The fourth-order valence-electron chi connectivity index (χ4n) is 1.17. The van der Waals surface area contributed by atoms with Crippen LogP contribution in [0.15, 0.2) is 8.95 Å². The quantitative estimate of drug-likeness (QED) is 0.821. The largest absolute Gasteiger partial charge is 0.546 e. The van der Waals surface area contributed by atoms with Crippen LogP contribution in [-0.4, -0.2) is 12.6 Å². The molecule has 0 spiro atoms. The Hall–Kier alpha value is -0.260. The molecular formula is C10H8Br2ClO3-. The molecule has 88 valence electrons. The minimum absolute atomic E-state index is 0.420. The SMILES string of the molecule is Cc1c(Cl)c(C)c(Br)c(OCC(=O)[O-])c1Br. The van der Waals surface area contributed by atoms with E-state index in [9.17, 15) is 9.90 Å². The lowest BCUT2D eigenvalue weighted by Gasteiger charge is -2.16. The molecule has 0 saturated carbocycles. The van der Waals surface area contributed by atoms with E-state index in [2.05, 4.69) is 31.9 Å². The fourth-order valence-corrected chi connectivity index (χ4v) is 2.87. The first-order chi connectivity index (χ1) is 7.36. The summed E-state index contributed by atoms with van der Waals surface area (Å²) in [5.41, 5.74) is 1.60. The average Bonchev–Trinajstić information content (AvgIpc) is 2.23. The molecule has 0 bridgehead atoms. The number of ether oxygens (including phenoxy) is 1. The zero-order chi connectivity index (χ0) is 12.5. The van der Waals surface area contributed by atoms with Crippen molar-refractivity contribution in [2.24, 2.45) is 0 Å². The molecule has 0 atom stereocenters. The van der Waals surface area contributed by atoms with Crippen LogP contribution in [0.3, 0.4) is 0 Å². The lowest BCUT2D eigenvalue weighted by Crippen LogP contribution is -2.29. The second-order valence-electron chi connectivity index (χ2n) is 3.18. The zero-order valence-corrected chi connectivity index (χ0v) is 12.5. The Balaban J connectivity index is 3.23. The Labute approximate surface area is 115 Å². The van der Waals surface area contributed by atoms with Crippen LogP contribution in [0.2, 0.25) is 5.02 Å². The first-order valence-corrected chi connectivity index (χ1v) is 6.29. The zero-order valence-electron chi connectivity index (χ0n) is 8.57. The summed E-state index contributed by atoms with van der Waals surface area (Å²) < 4.78 is 6.40. The number of carboxylic acids is 1. The molecule has 1 aromatic rings. The third kappa shape index (κ3) is 2.70. The normalized spacial score (nSPS) is 10.3. The summed E-state index contributed by atoms with van der Waals surface area (Å²) in [6, 6.07) is 0. The number of carboxylic acid groups (broad SMARTS) is 1. The molecular weight excluding hydrogens is 363 g/mol. The molecule has 0 amide bonds. The highest BCUT2D eigenvalue weighted by Gasteiger charge is 2.16. The lowest BCUT2D eigenvalue weighted by atomic mass is 10.1.